The maximum atomic E-state index is 14.1. The summed E-state index contributed by atoms with van der Waals surface area (Å²) in [4.78, 5) is 61.4. The van der Waals surface area contributed by atoms with Crippen molar-refractivity contribution in [3.8, 4) is 0 Å². The van der Waals surface area contributed by atoms with Gasteiger partial charge in [0, 0.05) is 32.4 Å². The number of carbonyl (C=O) groups excluding carboxylic acids is 4. The Labute approximate surface area is 421 Å². The van der Waals surface area contributed by atoms with E-state index in [2.05, 4.69) is 47.0 Å². The number of carbonyl (C=O) groups is 4. The molecule has 4 fully saturated rings. The number of hydrogen-bond acceptors (Lipinski definition) is 12. The lowest BCUT2D eigenvalue weighted by atomic mass is 9.97. The molecule has 0 aromatic heterocycles. The number of piperidine rings is 2. The molecule has 390 valence electrons. The molecule has 17 heteroatoms. The lowest BCUT2D eigenvalue weighted by Gasteiger charge is -2.47. The number of aryl methyl sites for hydroxylation is 4. The minimum atomic E-state index is -2.06. The maximum Gasteiger partial charge on any atom is 0.416 e. The number of benzene rings is 2. The highest BCUT2D eigenvalue weighted by molar-refractivity contribution is 6.74. The molecule has 0 aliphatic carbocycles. The molecule has 4 amide bonds. The van der Waals surface area contributed by atoms with Crippen LogP contribution in [0.15, 0.2) is 49.6 Å². The van der Waals surface area contributed by atoms with Gasteiger partial charge in [0.25, 0.3) is 11.8 Å². The first-order valence-corrected chi connectivity index (χ1v) is 28.5. The van der Waals surface area contributed by atoms with E-state index < -0.39 is 63.7 Å². The van der Waals surface area contributed by atoms with Crippen molar-refractivity contribution in [1.29, 1.82) is 0 Å². The van der Waals surface area contributed by atoms with Gasteiger partial charge in [-0.15, -0.1) is 0 Å². The third kappa shape index (κ3) is 12.1. The molecule has 0 spiro atoms. The van der Waals surface area contributed by atoms with Gasteiger partial charge in [-0.05, 0) is 157 Å². The second-order valence-electron chi connectivity index (χ2n) is 21.4. The van der Waals surface area contributed by atoms with Gasteiger partial charge < -0.3 is 47.8 Å². The SMILES string of the molecule is C=CCOC(=O)N1c2cc(C)c(C)cc2C(=O)N2CC[C@@H](O)C[C@H]2C1OC1CCCCO1.C=CCOC(=O)N1c2cc(C)c(C)cc2C(=O)N2CC[C@@H](O[Si](C)(C)C(C)(C)C)C[C@H]2C1OC1CCCCO1. The first-order chi connectivity index (χ1) is 33.7. The Morgan fingerprint density at radius 1 is 0.690 bits per heavy atom. The summed E-state index contributed by atoms with van der Waals surface area (Å²) >= 11 is 0. The zero-order chi connectivity index (χ0) is 51.4. The van der Waals surface area contributed by atoms with Crippen LogP contribution in [0.5, 0.6) is 0 Å². The fourth-order valence-corrected chi connectivity index (χ4v) is 11.4. The van der Waals surface area contributed by atoms with E-state index in [9.17, 15) is 24.3 Å². The van der Waals surface area contributed by atoms with Crippen molar-refractivity contribution in [2.75, 3.05) is 49.3 Å². The van der Waals surface area contributed by atoms with E-state index in [1.165, 1.54) is 17.1 Å². The molecule has 1 N–H and O–H groups in total. The average molecular weight is 1000 g/mol. The Morgan fingerprint density at radius 3 is 1.55 bits per heavy atom. The standard InChI is InChI=1S/C30H46N2O6Si.C24H32N2O6/c1-9-15-36-29(34)32-24-18-21(3)20(2)17-23(24)27(33)31-14-13-22(38-39(7,8)30(4,5)6)19-25(31)28(32)37-26-12-10-11-16-35-26;1-4-10-31-24(29)26-19-13-16(3)15(2)12-18(19)22(28)25-9-8-17(27)14-20(25)23(26)32-21-7-5-6-11-30-21/h9,17-18,22,25-26,28H,1,10-16,19H2,2-8H3;4,12-13,17,20-21,23,27H,1,5-11,14H2,2-3H3/t22-,25+,26?,28?;17-,20+,21?,23?/m11/s1. The van der Waals surface area contributed by atoms with Gasteiger partial charge in [-0.2, -0.15) is 0 Å². The number of ether oxygens (including phenoxy) is 6. The van der Waals surface area contributed by atoms with E-state index in [0.717, 1.165) is 60.8 Å². The van der Waals surface area contributed by atoms with Gasteiger partial charge in [-0.1, -0.05) is 46.1 Å². The van der Waals surface area contributed by atoms with E-state index in [0.29, 0.717) is 74.5 Å². The van der Waals surface area contributed by atoms with Crippen molar-refractivity contribution in [3.05, 3.63) is 83.0 Å². The zero-order valence-corrected chi connectivity index (χ0v) is 44.5. The molecular formula is C54H78N4O12Si. The van der Waals surface area contributed by atoms with Crippen LogP contribution in [-0.2, 0) is 32.8 Å². The zero-order valence-electron chi connectivity index (χ0n) is 43.5. The third-order valence-corrected chi connectivity index (χ3v) is 19.8. The molecular weight excluding hydrogens is 925 g/mol. The summed E-state index contributed by atoms with van der Waals surface area (Å²) in [6.45, 7) is 28.6. The highest BCUT2D eigenvalue weighted by Gasteiger charge is 2.51. The first-order valence-electron chi connectivity index (χ1n) is 25.6. The quantitative estimate of drug-likeness (QED) is 0.177. The van der Waals surface area contributed by atoms with E-state index in [4.69, 9.17) is 32.8 Å². The van der Waals surface area contributed by atoms with Crippen LogP contribution in [0.2, 0.25) is 18.1 Å². The molecule has 0 saturated carbocycles. The van der Waals surface area contributed by atoms with Crippen molar-refractivity contribution in [1.82, 2.24) is 9.80 Å². The lowest BCUT2D eigenvalue weighted by molar-refractivity contribution is -0.201. The topological polar surface area (TPSA) is 166 Å². The molecule has 16 nitrogen and oxygen atoms in total. The molecule has 4 unspecified atom stereocenters. The number of aliphatic hydroxyl groups is 1. The summed E-state index contributed by atoms with van der Waals surface area (Å²) in [5.41, 5.74) is 5.76. The van der Waals surface area contributed by atoms with Crippen LogP contribution in [0.25, 0.3) is 0 Å². The smallest absolute Gasteiger partial charge is 0.416 e. The van der Waals surface area contributed by atoms with Crippen molar-refractivity contribution in [2.24, 2.45) is 0 Å². The van der Waals surface area contributed by atoms with Crippen LogP contribution in [0.3, 0.4) is 0 Å². The second kappa shape index (κ2) is 23.1. The second-order valence-corrected chi connectivity index (χ2v) is 26.1. The van der Waals surface area contributed by atoms with Crippen LogP contribution in [-0.4, -0.2) is 136 Å². The minimum Gasteiger partial charge on any atom is -0.445 e. The normalized spacial score (nSPS) is 26.8. The number of nitrogens with zero attached hydrogens (tertiary/aromatic N) is 4. The van der Waals surface area contributed by atoms with Crippen LogP contribution in [0, 0.1) is 27.7 Å². The number of rotatable bonds is 10. The molecule has 2 aromatic carbocycles. The van der Waals surface area contributed by atoms with Crippen molar-refractivity contribution in [2.45, 2.75) is 180 Å². The van der Waals surface area contributed by atoms with Crippen LogP contribution in [0.4, 0.5) is 21.0 Å². The van der Waals surface area contributed by atoms with Gasteiger partial charge in [0.1, 0.15) is 13.2 Å². The molecule has 2 aromatic rings. The Hall–Kier alpha value is -4.62. The molecule has 6 heterocycles. The molecule has 71 heavy (non-hydrogen) atoms. The summed E-state index contributed by atoms with van der Waals surface area (Å²) in [6, 6.07) is 6.50. The predicted octanol–water partition coefficient (Wildman–Crippen LogP) is 9.59. The Balaban J connectivity index is 0.000000213. The summed E-state index contributed by atoms with van der Waals surface area (Å²) in [5.74, 6) is -0.266. The number of aliphatic hydroxyl groups excluding tert-OH is 1. The van der Waals surface area contributed by atoms with Crippen LogP contribution in [0.1, 0.15) is 128 Å². The van der Waals surface area contributed by atoms with E-state index in [-0.39, 0.29) is 36.2 Å². The molecule has 0 bridgehead atoms. The van der Waals surface area contributed by atoms with Gasteiger partial charge >= 0.3 is 12.2 Å². The monoisotopic (exact) mass is 1000 g/mol. The number of fused-ring (bicyclic) bond motifs is 4. The molecule has 0 radical (unpaired) electrons. The molecule has 8 rings (SSSR count). The first kappa shape index (κ1) is 54.2. The summed E-state index contributed by atoms with van der Waals surface area (Å²) < 4.78 is 42.7. The summed E-state index contributed by atoms with van der Waals surface area (Å²) in [5, 5.41) is 10.5. The van der Waals surface area contributed by atoms with Crippen molar-refractivity contribution in [3.63, 3.8) is 0 Å². The third-order valence-electron chi connectivity index (χ3n) is 15.3. The maximum absolute atomic E-state index is 14.1. The molecule has 6 aliphatic rings. The highest BCUT2D eigenvalue weighted by Crippen LogP contribution is 2.43. The van der Waals surface area contributed by atoms with Crippen LogP contribution < -0.4 is 9.80 Å². The Kier molecular flexibility index (Phi) is 17.6. The van der Waals surface area contributed by atoms with E-state index in [1.54, 1.807) is 9.80 Å². The van der Waals surface area contributed by atoms with Crippen LogP contribution >= 0.6 is 0 Å². The highest BCUT2D eigenvalue weighted by atomic mass is 28.4. The lowest BCUT2D eigenvalue weighted by Crippen LogP contribution is -2.60. The summed E-state index contributed by atoms with van der Waals surface area (Å²) in [7, 11) is -2.06. The largest absolute Gasteiger partial charge is 0.445 e. The molecule has 4 saturated heterocycles. The van der Waals surface area contributed by atoms with Crippen molar-refractivity contribution < 1.29 is 57.1 Å². The van der Waals surface area contributed by atoms with Gasteiger partial charge in [0.15, 0.2) is 33.4 Å². The number of amides is 4. The predicted molar refractivity (Wildman–Crippen MR) is 273 cm³/mol. The van der Waals surface area contributed by atoms with Gasteiger partial charge in [0.2, 0.25) is 0 Å². The Bertz CT molecular complexity index is 2270. The van der Waals surface area contributed by atoms with Crippen molar-refractivity contribution >= 4 is 43.7 Å². The van der Waals surface area contributed by atoms with Gasteiger partial charge in [0.05, 0.1) is 40.7 Å². The molecule has 6 aliphatic heterocycles. The minimum absolute atomic E-state index is 0.0348. The summed E-state index contributed by atoms with van der Waals surface area (Å²) in [6.07, 6.45) is 6.03. The van der Waals surface area contributed by atoms with E-state index >= 15 is 0 Å². The fraction of sp³-hybridized carbons (Fsp3) is 0.630. The average Bonchev–Trinajstić information content (AvgIpc) is 3.48. The van der Waals surface area contributed by atoms with Gasteiger partial charge in [-0.25, -0.2) is 19.4 Å². The number of anilines is 2. The number of hydrogen-bond donors (Lipinski definition) is 1. The fourth-order valence-electron chi connectivity index (χ4n) is 10.0. The Morgan fingerprint density at radius 2 is 1.13 bits per heavy atom. The molecule has 8 atom stereocenters. The van der Waals surface area contributed by atoms with E-state index in [1.807, 2.05) is 56.9 Å². The van der Waals surface area contributed by atoms with Gasteiger partial charge in [-0.3, -0.25) is 9.59 Å².